The van der Waals surface area contributed by atoms with Crippen LogP contribution in [-0.2, 0) is 4.79 Å². The van der Waals surface area contributed by atoms with E-state index in [9.17, 15) is 14.0 Å². The Morgan fingerprint density at radius 1 is 1.39 bits per heavy atom. The van der Waals surface area contributed by atoms with Gasteiger partial charge in [-0.15, -0.1) is 0 Å². The predicted octanol–water partition coefficient (Wildman–Crippen LogP) is 2.73. The molecule has 4 nitrogen and oxygen atoms in total. The van der Waals surface area contributed by atoms with Gasteiger partial charge in [-0.2, -0.15) is 0 Å². The average Bonchev–Trinajstić information content (AvgIpc) is 2.21. The first kappa shape index (κ1) is 14.7. The molecule has 98 valence electrons. The van der Waals surface area contributed by atoms with Crippen LogP contribution in [0.25, 0.3) is 0 Å². The average molecular weight is 294 g/mol. The fourth-order valence-corrected chi connectivity index (χ4v) is 1.78. The predicted molar refractivity (Wildman–Crippen MR) is 65.6 cm³/mol. The lowest BCUT2D eigenvalue weighted by molar-refractivity contribution is -0.137. The van der Waals surface area contributed by atoms with Gasteiger partial charge in [-0.1, -0.05) is 23.2 Å². The van der Waals surface area contributed by atoms with E-state index in [-0.39, 0.29) is 22.0 Å². The van der Waals surface area contributed by atoms with E-state index >= 15 is 0 Å². The van der Waals surface area contributed by atoms with E-state index in [1.54, 1.807) is 0 Å². The molecule has 0 aromatic heterocycles. The van der Waals surface area contributed by atoms with Gasteiger partial charge < -0.3 is 10.4 Å². The second-order valence-corrected chi connectivity index (χ2v) is 4.53. The van der Waals surface area contributed by atoms with Crippen molar-refractivity contribution >= 4 is 35.1 Å². The lowest BCUT2D eigenvalue weighted by atomic mass is 10.1. The van der Waals surface area contributed by atoms with Gasteiger partial charge in [0.05, 0.1) is 22.0 Å². The third-order valence-corrected chi connectivity index (χ3v) is 2.72. The Kier molecular flexibility index (Phi) is 4.93. The zero-order chi connectivity index (χ0) is 13.9. The maximum atomic E-state index is 13.2. The van der Waals surface area contributed by atoms with Crippen LogP contribution in [0.5, 0.6) is 0 Å². The molecule has 1 unspecified atom stereocenters. The molecule has 0 spiro atoms. The second kappa shape index (κ2) is 6.02. The maximum Gasteiger partial charge on any atom is 0.305 e. The fraction of sp³-hybridized carbons (Fsp3) is 0.273. The van der Waals surface area contributed by atoms with Crippen LogP contribution in [0.1, 0.15) is 23.7 Å². The number of rotatable bonds is 4. The number of benzene rings is 1. The van der Waals surface area contributed by atoms with Gasteiger partial charge in [0.1, 0.15) is 5.82 Å². The van der Waals surface area contributed by atoms with Gasteiger partial charge in [0.25, 0.3) is 5.91 Å². The van der Waals surface area contributed by atoms with E-state index in [0.29, 0.717) is 0 Å². The van der Waals surface area contributed by atoms with Crippen molar-refractivity contribution in [2.45, 2.75) is 19.4 Å². The van der Waals surface area contributed by atoms with Crippen molar-refractivity contribution in [3.63, 3.8) is 0 Å². The largest absolute Gasteiger partial charge is 0.481 e. The molecular weight excluding hydrogens is 284 g/mol. The summed E-state index contributed by atoms with van der Waals surface area (Å²) in [6.45, 7) is 1.52. The highest BCUT2D eigenvalue weighted by molar-refractivity contribution is 6.36. The summed E-state index contributed by atoms with van der Waals surface area (Å²) in [6.07, 6.45) is -0.237. The van der Waals surface area contributed by atoms with Gasteiger partial charge >= 0.3 is 5.97 Å². The number of aliphatic carboxylic acids is 1. The lowest BCUT2D eigenvalue weighted by Gasteiger charge is -2.12. The van der Waals surface area contributed by atoms with Crippen LogP contribution < -0.4 is 5.32 Å². The molecule has 0 aliphatic carbocycles. The molecule has 2 N–H and O–H groups in total. The first-order chi connectivity index (χ1) is 8.31. The molecule has 0 saturated heterocycles. The molecule has 0 bridgehead atoms. The van der Waals surface area contributed by atoms with Crippen LogP contribution in [0.4, 0.5) is 4.39 Å². The first-order valence-corrected chi connectivity index (χ1v) is 5.74. The van der Waals surface area contributed by atoms with E-state index < -0.39 is 23.7 Å². The molecule has 1 rings (SSSR count). The first-order valence-electron chi connectivity index (χ1n) is 4.98. The van der Waals surface area contributed by atoms with Crippen molar-refractivity contribution in [2.75, 3.05) is 0 Å². The molecule has 0 aliphatic rings. The Hall–Kier alpha value is -1.33. The number of amides is 1. The number of carbonyl (C=O) groups excluding carboxylic acids is 1. The maximum absolute atomic E-state index is 13.2. The molecule has 1 amide bonds. The quantitative estimate of drug-likeness (QED) is 0.839. The van der Waals surface area contributed by atoms with Crippen LogP contribution in [0.3, 0.4) is 0 Å². The summed E-state index contributed by atoms with van der Waals surface area (Å²) >= 11 is 11.3. The van der Waals surface area contributed by atoms with Crippen molar-refractivity contribution in [3.8, 4) is 0 Å². The molecule has 1 aromatic rings. The Balaban J connectivity index is 2.85. The van der Waals surface area contributed by atoms with Gasteiger partial charge in [-0.05, 0) is 19.1 Å². The Labute approximate surface area is 113 Å². The highest BCUT2D eigenvalue weighted by Crippen LogP contribution is 2.24. The SMILES string of the molecule is CC(CC(=O)O)NC(=O)c1cc(F)c(Cl)cc1Cl. The van der Waals surface area contributed by atoms with E-state index in [2.05, 4.69) is 5.32 Å². The second-order valence-electron chi connectivity index (χ2n) is 3.72. The third-order valence-electron chi connectivity index (χ3n) is 2.11. The van der Waals surface area contributed by atoms with Crippen molar-refractivity contribution in [2.24, 2.45) is 0 Å². The van der Waals surface area contributed by atoms with Crippen molar-refractivity contribution < 1.29 is 19.1 Å². The number of carbonyl (C=O) groups is 2. The van der Waals surface area contributed by atoms with Gasteiger partial charge in [0.15, 0.2) is 0 Å². The normalized spacial score (nSPS) is 12.0. The topological polar surface area (TPSA) is 66.4 Å². The number of nitrogens with one attached hydrogen (secondary N) is 1. The van der Waals surface area contributed by atoms with E-state index in [0.717, 1.165) is 12.1 Å². The molecule has 0 radical (unpaired) electrons. The summed E-state index contributed by atoms with van der Waals surface area (Å²) in [4.78, 5) is 22.2. The number of carboxylic acids is 1. The molecule has 7 heteroatoms. The number of carboxylic acid groups (broad SMARTS) is 1. The Bertz CT molecular complexity index is 493. The minimum Gasteiger partial charge on any atom is -0.481 e. The van der Waals surface area contributed by atoms with E-state index in [1.165, 1.54) is 6.92 Å². The van der Waals surface area contributed by atoms with Gasteiger partial charge in [-0.3, -0.25) is 9.59 Å². The van der Waals surface area contributed by atoms with Gasteiger partial charge in [0, 0.05) is 6.04 Å². The van der Waals surface area contributed by atoms with Crippen molar-refractivity contribution in [3.05, 3.63) is 33.6 Å². The fourth-order valence-electron chi connectivity index (χ4n) is 1.31. The summed E-state index contributed by atoms with van der Waals surface area (Å²) in [5.74, 6) is -2.46. The Morgan fingerprint density at radius 2 is 2.00 bits per heavy atom. The minimum atomic E-state index is -1.05. The van der Waals surface area contributed by atoms with Crippen LogP contribution in [0, 0.1) is 5.82 Å². The monoisotopic (exact) mass is 293 g/mol. The van der Waals surface area contributed by atoms with Gasteiger partial charge in [0.2, 0.25) is 0 Å². The zero-order valence-corrected chi connectivity index (χ0v) is 10.8. The molecule has 1 aromatic carbocycles. The summed E-state index contributed by atoms with van der Waals surface area (Å²) in [6, 6.07) is 1.44. The lowest BCUT2D eigenvalue weighted by Crippen LogP contribution is -2.34. The molecule has 0 fully saturated rings. The highest BCUT2D eigenvalue weighted by Gasteiger charge is 2.17. The minimum absolute atomic E-state index is 0.00132. The van der Waals surface area contributed by atoms with Crippen LogP contribution in [0.15, 0.2) is 12.1 Å². The standard InChI is InChI=1S/C11H10Cl2FNO3/c1-5(2-10(16)17)15-11(18)6-3-9(14)8(13)4-7(6)12/h3-5H,2H2,1H3,(H,15,18)(H,16,17). The molecule has 0 saturated carbocycles. The van der Waals surface area contributed by atoms with Crippen molar-refractivity contribution in [1.29, 1.82) is 0 Å². The summed E-state index contributed by atoms with van der Waals surface area (Å²) in [7, 11) is 0. The number of halogens is 3. The summed E-state index contributed by atoms with van der Waals surface area (Å²) < 4.78 is 13.2. The third kappa shape index (κ3) is 3.85. The highest BCUT2D eigenvalue weighted by atomic mass is 35.5. The van der Waals surface area contributed by atoms with E-state index in [4.69, 9.17) is 28.3 Å². The summed E-state index contributed by atoms with van der Waals surface area (Å²) in [5, 5.41) is 10.8. The zero-order valence-electron chi connectivity index (χ0n) is 9.34. The van der Waals surface area contributed by atoms with Crippen molar-refractivity contribution in [1.82, 2.24) is 5.32 Å². The molecule has 18 heavy (non-hydrogen) atoms. The molecule has 0 heterocycles. The number of hydrogen-bond donors (Lipinski definition) is 2. The van der Waals surface area contributed by atoms with Gasteiger partial charge in [-0.25, -0.2) is 4.39 Å². The smallest absolute Gasteiger partial charge is 0.305 e. The number of hydrogen-bond acceptors (Lipinski definition) is 2. The van der Waals surface area contributed by atoms with E-state index in [1.807, 2.05) is 0 Å². The van der Waals surface area contributed by atoms with Crippen LogP contribution in [0.2, 0.25) is 10.0 Å². The van der Waals surface area contributed by atoms with Crippen LogP contribution in [-0.4, -0.2) is 23.0 Å². The molecule has 1 atom stereocenters. The Morgan fingerprint density at radius 3 is 2.56 bits per heavy atom. The van der Waals surface area contributed by atoms with Crippen LogP contribution >= 0.6 is 23.2 Å². The molecular formula is C11H10Cl2FNO3. The summed E-state index contributed by atoms with van der Waals surface area (Å²) in [5.41, 5.74) is -0.0872. The molecule has 0 aliphatic heterocycles.